The minimum Gasteiger partial charge on any atom is -0.368 e. The quantitative estimate of drug-likeness (QED) is 0.754. The summed E-state index contributed by atoms with van der Waals surface area (Å²) in [5.41, 5.74) is 2.95. The van der Waals surface area contributed by atoms with Crippen molar-refractivity contribution in [1.82, 2.24) is 24.4 Å². The summed E-state index contributed by atoms with van der Waals surface area (Å²) in [6.45, 7) is 4.45. The average Bonchev–Trinajstić information content (AvgIpc) is 3.21. The van der Waals surface area contributed by atoms with Gasteiger partial charge in [0.15, 0.2) is 5.82 Å². The van der Waals surface area contributed by atoms with Crippen LogP contribution in [0.1, 0.15) is 18.2 Å². The minimum atomic E-state index is 0.0758. The van der Waals surface area contributed by atoms with Gasteiger partial charge in [-0.3, -0.25) is 9.78 Å². The van der Waals surface area contributed by atoms with Crippen molar-refractivity contribution >= 4 is 11.7 Å². The minimum absolute atomic E-state index is 0.0758. The third-order valence-electron chi connectivity index (χ3n) is 4.78. The van der Waals surface area contributed by atoms with Gasteiger partial charge in [-0.25, -0.2) is 9.97 Å². The lowest BCUT2D eigenvalue weighted by Crippen LogP contribution is -2.35. The Morgan fingerprint density at radius 3 is 2.70 bits per heavy atom. The summed E-state index contributed by atoms with van der Waals surface area (Å²) in [7, 11) is 0. The molecule has 3 aromatic heterocycles. The lowest BCUT2D eigenvalue weighted by molar-refractivity contribution is -0.129. The second-order valence-electron chi connectivity index (χ2n) is 6.60. The van der Waals surface area contributed by atoms with E-state index in [1.54, 1.807) is 19.3 Å². The van der Waals surface area contributed by atoms with Crippen LogP contribution in [0.3, 0.4) is 0 Å². The van der Waals surface area contributed by atoms with Gasteiger partial charge in [0, 0.05) is 62.5 Å². The lowest BCUT2D eigenvalue weighted by atomic mass is 10.0. The molecule has 1 aliphatic rings. The van der Waals surface area contributed by atoms with Gasteiger partial charge in [0.1, 0.15) is 5.82 Å². The van der Waals surface area contributed by atoms with Gasteiger partial charge in [0.05, 0.1) is 12.2 Å². The molecule has 0 atom stereocenters. The molecule has 0 saturated heterocycles. The van der Waals surface area contributed by atoms with Crippen LogP contribution in [0, 0.1) is 0 Å². The summed E-state index contributed by atoms with van der Waals surface area (Å²) >= 11 is 0. The van der Waals surface area contributed by atoms with Crippen LogP contribution >= 0.6 is 0 Å². The monoisotopic (exact) mass is 362 g/mol. The Hall–Kier alpha value is -3.22. The first-order valence-corrected chi connectivity index (χ1v) is 9.11. The van der Waals surface area contributed by atoms with Gasteiger partial charge in [-0.15, -0.1) is 0 Å². The second-order valence-corrected chi connectivity index (χ2v) is 6.60. The van der Waals surface area contributed by atoms with E-state index in [0.29, 0.717) is 18.9 Å². The number of nitrogens with zero attached hydrogens (tertiary/aromatic N) is 5. The van der Waals surface area contributed by atoms with Crippen LogP contribution in [0.4, 0.5) is 5.82 Å². The van der Waals surface area contributed by atoms with Crippen LogP contribution in [0.2, 0.25) is 0 Å². The highest BCUT2D eigenvalue weighted by atomic mass is 16.2. The predicted molar refractivity (Wildman–Crippen MR) is 103 cm³/mol. The number of pyridine rings is 1. The van der Waals surface area contributed by atoms with Gasteiger partial charge in [-0.1, -0.05) is 0 Å². The Balaban J connectivity index is 1.64. The molecule has 3 aromatic rings. The van der Waals surface area contributed by atoms with Crippen molar-refractivity contribution < 1.29 is 4.79 Å². The molecule has 0 aromatic carbocycles. The number of carbonyl (C=O) groups is 1. The summed E-state index contributed by atoms with van der Waals surface area (Å²) in [6, 6.07) is 7.84. The summed E-state index contributed by atoms with van der Waals surface area (Å²) < 4.78 is 2.13. The molecule has 7 nitrogen and oxygen atoms in total. The SMILES string of the molecule is CC(=O)N1CCc2c(nc(-c3ccncc3)nc2NCCn2cccc2)C1. The Morgan fingerprint density at radius 1 is 1.19 bits per heavy atom. The zero-order chi connectivity index (χ0) is 18.6. The number of carbonyl (C=O) groups excluding carboxylic acids is 1. The number of aromatic nitrogens is 4. The van der Waals surface area contributed by atoms with Gasteiger partial charge >= 0.3 is 0 Å². The van der Waals surface area contributed by atoms with Gasteiger partial charge in [0.2, 0.25) is 5.91 Å². The highest BCUT2D eigenvalue weighted by molar-refractivity contribution is 5.74. The summed E-state index contributed by atoms with van der Waals surface area (Å²) in [4.78, 5) is 27.2. The van der Waals surface area contributed by atoms with Crippen molar-refractivity contribution in [3.63, 3.8) is 0 Å². The van der Waals surface area contributed by atoms with Crippen LogP contribution in [-0.4, -0.2) is 43.4 Å². The molecule has 0 unspecified atom stereocenters. The zero-order valence-corrected chi connectivity index (χ0v) is 15.3. The van der Waals surface area contributed by atoms with Gasteiger partial charge < -0.3 is 14.8 Å². The number of rotatable bonds is 5. The number of hydrogen-bond donors (Lipinski definition) is 1. The van der Waals surface area contributed by atoms with Crippen molar-refractivity contribution in [2.24, 2.45) is 0 Å². The Morgan fingerprint density at radius 2 is 1.96 bits per heavy atom. The maximum Gasteiger partial charge on any atom is 0.219 e. The van der Waals surface area contributed by atoms with Crippen LogP contribution in [-0.2, 0) is 24.3 Å². The molecule has 4 heterocycles. The molecule has 138 valence electrons. The van der Waals surface area contributed by atoms with Crippen molar-refractivity contribution in [3.05, 3.63) is 60.3 Å². The molecule has 0 bridgehead atoms. The first-order chi connectivity index (χ1) is 13.2. The molecule has 4 rings (SSSR count). The van der Waals surface area contributed by atoms with E-state index < -0.39 is 0 Å². The summed E-state index contributed by atoms with van der Waals surface area (Å²) in [5, 5.41) is 3.47. The Kier molecular flexibility index (Phi) is 4.82. The largest absolute Gasteiger partial charge is 0.368 e. The van der Waals surface area contributed by atoms with E-state index >= 15 is 0 Å². The zero-order valence-electron chi connectivity index (χ0n) is 15.3. The third kappa shape index (κ3) is 3.81. The van der Waals surface area contributed by atoms with E-state index in [-0.39, 0.29) is 5.91 Å². The summed E-state index contributed by atoms with van der Waals surface area (Å²) in [5.74, 6) is 1.60. The number of hydrogen-bond acceptors (Lipinski definition) is 5. The number of amides is 1. The van der Waals surface area contributed by atoms with E-state index in [1.165, 1.54) is 0 Å². The first-order valence-electron chi connectivity index (χ1n) is 9.11. The lowest BCUT2D eigenvalue weighted by Gasteiger charge is -2.28. The molecular weight excluding hydrogens is 340 g/mol. The van der Waals surface area contributed by atoms with E-state index in [9.17, 15) is 4.79 Å². The number of fused-ring (bicyclic) bond motifs is 1. The molecule has 0 spiro atoms. The normalized spacial score (nSPS) is 13.3. The standard InChI is InChI=1S/C20H22N6O/c1-15(27)26-12-6-17-18(14-26)23-19(16-4-7-21-8-5-16)24-20(17)22-9-13-25-10-2-3-11-25/h2-5,7-8,10-11H,6,9,12-14H2,1H3,(H,22,23,24). The molecule has 0 aliphatic carbocycles. The van der Waals surface area contributed by atoms with Crippen LogP contribution < -0.4 is 5.32 Å². The van der Waals surface area contributed by atoms with E-state index in [1.807, 2.05) is 41.6 Å². The molecule has 7 heteroatoms. The highest BCUT2D eigenvalue weighted by Crippen LogP contribution is 2.27. The van der Waals surface area contributed by atoms with E-state index in [2.05, 4.69) is 14.9 Å². The fourth-order valence-electron chi connectivity index (χ4n) is 3.30. The fraction of sp³-hybridized carbons (Fsp3) is 0.300. The van der Waals surface area contributed by atoms with Crippen LogP contribution in [0.25, 0.3) is 11.4 Å². The van der Waals surface area contributed by atoms with Crippen molar-refractivity contribution in [3.8, 4) is 11.4 Å². The molecule has 0 saturated carbocycles. The van der Waals surface area contributed by atoms with Gasteiger partial charge in [0.25, 0.3) is 0 Å². The molecule has 1 amide bonds. The Labute approximate surface area is 158 Å². The predicted octanol–water partition coefficient (Wildman–Crippen LogP) is 2.36. The smallest absolute Gasteiger partial charge is 0.219 e. The van der Waals surface area contributed by atoms with E-state index in [0.717, 1.165) is 42.1 Å². The first kappa shape index (κ1) is 17.2. The average molecular weight is 362 g/mol. The highest BCUT2D eigenvalue weighted by Gasteiger charge is 2.24. The van der Waals surface area contributed by atoms with Gasteiger partial charge in [-0.05, 0) is 30.7 Å². The van der Waals surface area contributed by atoms with E-state index in [4.69, 9.17) is 9.97 Å². The van der Waals surface area contributed by atoms with Crippen molar-refractivity contribution in [2.45, 2.75) is 26.4 Å². The fourth-order valence-corrected chi connectivity index (χ4v) is 3.30. The molecule has 0 radical (unpaired) electrons. The molecule has 1 aliphatic heterocycles. The van der Waals surface area contributed by atoms with Crippen molar-refractivity contribution in [2.75, 3.05) is 18.4 Å². The maximum atomic E-state index is 11.8. The molecular formula is C20H22N6O. The number of nitrogens with one attached hydrogen (secondary N) is 1. The van der Waals surface area contributed by atoms with Crippen molar-refractivity contribution in [1.29, 1.82) is 0 Å². The topological polar surface area (TPSA) is 75.9 Å². The third-order valence-corrected chi connectivity index (χ3v) is 4.78. The van der Waals surface area contributed by atoms with Gasteiger partial charge in [-0.2, -0.15) is 0 Å². The van der Waals surface area contributed by atoms with Crippen LogP contribution in [0.15, 0.2) is 49.1 Å². The Bertz CT molecular complexity index is 923. The second kappa shape index (κ2) is 7.57. The molecule has 27 heavy (non-hydrogen) atoms. The molecule has 0 fully saturated rings. The van der Waals surface area contributed by atoms with Crippen LogP contribution in [0.5, 0.6) is 0 Å². The maximum absolute atomic E-state index is 11.8. The number of anilines is 1. The summed E-state index contributed by atoms with van der Waals surface area (Å²) in [6.07, 6.45) is 8.32. The molecule has 1 N–H and O–H groups in total.